The highest BCUT2D eigenvalue weighted by molar-refractivity contribution is 7.83. The molecular weight excluding hydrogens is 246 g/mol. The number of benzene rings is 2. The Kier molecular flexibility index (Phi) is 4.07. The molecule has 0 N–H and O–H groups in total. The van der Waals surface area contributed by atoms with E-state index in [0.717, 1.165) is 16.8 Å². The molecule has 2 rings (SSSR count). The lowest BCUT2D eigenvalue weighted by Crippen LogP contribution is -2.13. The Balaban J connectivity index is 2.37. The molecule has 0 heterocycles. The average molecular weight is 257 g/mol. The van der Waals surface area contributed by atoms with Crippen LogP contribution in [0.15, 0.2) is 65.1 Å². The smallest absolute Gasteiger partial charge is 0.0968 e. The molecular formula is C14H11NS2. The molecule has 0 atom stereocenters. The van der Waals surface area contributed by atoms with Crippen LogP contribution in [0.25, 0.3) is 0 Å². The monoisotopic (exact) mass is 257 g/mol. The minimum absolute atomic E-state index is 0.715. The van der Waals surface area contributed by atoms with Gasteiger partial charge in [-0.3, -0.25) is 0 Å². The Morgan fingerprint density at radius 1 is 0.824 bits per heavy atom. The summed E-state index contributed by atoms with van der Waals surface area (Å²) in [4.78, 5) is 0.715. The molecule has 2 aromatic carbocycles. The van der Waals surface area contributed by atoms with E-state index in [1.807, 2.05) is 60.7 Å². The Labute approximate surface area is 112 Å². The standard InChI is InChI=1S/C14H11NS2/c16-14(12-9-5-2-6-10-12)13(15-17)11-7-3-1-4-8-11/h1-10,17H/b15-13+. The molecule has 0 aromatic heterocycles. The second kappa shape index (κ2) is 5.75. The maximum atomic E-state index is 5.44. The van der Waals surface area contributed by atoms with E-state index in [1.54, 1.807) is 0 Å². The molecule has 0 radical (unpaired) electrons. The van der Waals surface area contributed by atoms with Gasteiger partial charge in [0.2, 0.25) is 0 Å². The molecule has 0 fully saturated rings. The fraction of sp³-hybridized carbons (Fsp3) is 0. The van der Waals surface area contributed by atoms with E-state index >= 15 is 0 Å². The molecule has 0 aliphatic heterocycles. The van der Waals surface area contributed by atoms with Gasteiger partial charge in [0.15, 0.2) is 0 Å². The minimum atomic E-state index is 0.715. The van der Waals surface area contributed by atoms with E-state index in [1.165, 1.54) is 0 Å². The zero-order chi connectivity index (χ0) is 12.1. The van der Waals surface area contributed by atoms with Crippen molar-refractivity contribution in [2.24, 2.45) is 4.40 Å². The summed E-state index contributed by atoms with van der Waals surface area (Å²) in [7, 11) is 0. The summed E-state index contributed by atoms with van der Waals surface area (Å²) in [5, 5.41) is 0. The van der Waals surface area contributed by atoms with Gasteiger partial charge >= 0.3 is 0 Å². The summed E-state index contributed by atoms with van der Waals surface area (Å²) in [6.45, 7) is 0. The molecule has 0 bridgehead atoms. The predicted octanol–water partition coefficient (Wildman–Crippen LogP) is 3.74. The Morgan fingerprint density at radius 2 is 1.29 bits per heavy atom. The molecule has 0 saturated heterocycles. The normalized spacial score (nSPS) is 11.2. The second-order valence-electron chi connectivity index (χ2n) is 3.51. The molecule has 0 saturated carbocycles. The Hall–Kier alpha value is -1.45. The van der Waals surface area contributed by atoms with Gasteiger partial charge in [-0.25, -0.2) is 4.40 Å². The number of thiocarbonyl (C=S) groups is 1. The first-order valence-electron chi connectivity index (χ1n) is 5.20. The molecule has 0 unspecified atom stereocenters. The van der Waals surface area contributed by atoms with Crippen molar-refractivity contribution in [2.75, 3.05) is 0 Å². The second-order valence-corrected chi connectivity index (χ2v) is 4.12. The number of nitrogens with zero attached hydrogens (tertiary/aromatic N) is 1. The lowest BCUT2D eigenvalue weighted by Gasteiger charge is -2.07. The van der Waals surface area contributed by atoms with Crippen molar-refractivity contribution < 1.29 is 0 Å². The summed E-state index contributed by atoms with van der Waals surface area (Å²) in [6.07, 6.45) is 0. The first-order chi connectivity index (χ1) is 8.33. The number of rotatable bonds is 3. The summed E-state index contributed by atoms with van der Waals surface area (Å²) < 4.78 is 4.00. The third-order valence-electron chi connectivity index (χ3n) is 2.40. The SMILES string of the molecule is S=C(/C(=N/S)c1ccccc1)c1ccccc1. The van der Waals surface area contributed by atoms with Gasteiger partial charge in [-0.05, 0) is 18.4 Å². The third kappa shape index (κ3) is 2.81. The van der Waals surface area contributed by atoms with Gasteiger partial charge in [-0.1, -0.05) is 72.9 Å². The van der Waals surface area contributed by atoms with Gasteiger partial charge in [0.25, 0.3) is 0 Å². The topological polar surface area (TPSA) is 12.4 Å². The summed E-state index contributed by atoms with van der Waals surface area (Å²) in [5.74, 6) is 0. The van der Waals surface area contributed by atoms with Crippen LogP contribution in [0.4, 0.5) is 0 Å². The fourth-order valence-corrected chi connectivity index (χ4v) is 2.14. The zero-order valence-electron chi connectivity index (χ0n) is 9.08. The van der Waals surface area contributed by atoms with Crippen LogP contribution in [0.5, 0.6) is 0 Å². The van der Waals surface area contributed by atoms with Gasteiger partial charge in [-0.15, -0.1) is 0 Å². The van der Waals surface area contributed by atoms with Crippen LogP contribution in [0.3, 0.4) is 0 Å². The predicted molar refractivity (Wildman–Crippen MR) is 80.1 cm³/mol. The van der Waals surface area contributed by atoms with Crippen LogP contribution in [-0.2, 0) is 0 Å². The molecule has 0 spiro atoms. The molecule has 1 nitrogen and oxygen atoms in total. The van der Waals surface area contributed by atoms with Gasteiger partial charge in [0, 0.05) is 5.56 Å². The molecule has 0 amide bonds. The summed E-state index contributed by atoms with van der Waals surface area (Å²) in [6, 6.07) is 19.7. The van der Waals surface area contributed by atoms with E-state index in [0.29, 0.717) is 4.86 Å². The van der Waals surface area contributed by atoms with Crippen LogP contribution >= 0.6 is 25.0 Å². The van der Waals surface area contributed by atoms with Crippen molar-refractivity contribution in [1.29, 1.82) is 0 Å². The molecule has 3 heteroatoms. The van der Waals surface area contributed by atoms with Gasteiger partial charge in [-0.2, -0.15) is 0 Å². The first-order valence-corrected chi connectivity index (χ1v) is 6.01. The number of thiol groups is 1. The lowest BCUT2D eigenvalue weighted by atomic mass is 10.0. The quantitative estimate of drug-likeness (QED) is 0.382. The van der Waals surface area contributed by atoms with E-state index in [4.69, 9.17) is 12.2 Å². The summed E-state index contributed by atoms with van der Waals surface area (Å²) in [5.41, 5.74) is 2.70. The average Bonchev–Trinajstić information content (AvgIpc) is 2.42. The van der Waals surface area contributed by atoms with Crippen LogP contribution < -0.4 is 0 Å². The van der Waals surface area contributed by atoms with E-state index in [-0.39, 0.29) is 0 Å². The van der Waals surface area contributed by atoms with Crippen molar-refractivity contribution in [3.8, 4) is 0 Å². The minimum Gasteiger partial charge on any atom is -0.218 e. The van der Waals surface area contributed by atoms with Crippen molar-refractivity contribution in [3.63, 3.8) is 0 Å². The maximum absolute atomic E-state index is 5.44. The van der Waals surface area contributed by atoms with E-state index in [2.05, 4.69) is 17.2 Å². The first kappa shape index (κ1) is 12.0. The van der Waals surface area contributed by atoms with Crippen LogP contribution in [-0.4, -0.2) is 10.6 Å². The van der Waals surface area contributed by atoms with Crippen LogP contribution in [0.2, 0.25) is 0 Å². The van der Waals surface area contributed by atoms with Crippen molar-refractivity contribution in [1.82, 2.24) is 0 Å². The van der Waals surface area contributed by atoms with Gasteiger partial charge in [0.05, 0.1) is 10.6 Å². The van der Waals surface area contributed by atoms with E-state index in [9.17, 15) is 0 Å². The maximum Gasteiger partial charge on any atom is 0.0968 e. The van der Waals surface area contributed by atoms with Crippen LogP contribution in [0.1, 0.15) is 11.1 Å². The highest BCUT2D eigenvalue weighted by atomic mass is 32.1. The highest BCUT2D eigenvalue weighted by Crippen LogP contribution is 2.11. The van der Waals surface area contributed by atoms with Crippen molar-refractivity contribution in [2.45, 2.75) is 0 Å². The third-order valence-corrected chi connectivity index (χ3v) is 3.03. The van der Waals surface area contributed by atoms with Crippen molar-refractivity contribution in [3.05, 3.63) is 71.8 Å². The van der Waals surface area contributed by atoms with E-state index < -0.39 is 0 Å². The highest BCUT2D eigenvalue weighted by Gasteiger charge is 2.10. The Bertz CT molecular complexity index is 533. The fourth-order valence-electron chi connectivity index (χ4n) is 1.56. The Morgan fingerprint density at radius 3 is 1.76 bits per heavy atom. The lowest BCUT2D eigenvalue weighted by molar-refractivity contribution is 1.64. The van der Waals surface area contributed by atoms with Gasteiger partial charge < -0.3 is 0 Å². The molecule has 0 aliphatic rings. The largest absolute Gasteiger partial charge is 0.218 e. The van der Waals surface area contributed by atoms with Gasteiger partial charge in [0.1, 0.15) is 0 Å². The van der Waals surface area contributed by atoms with Crippen molar-refractivity contribution >= 4 is 35.6 Å². The molecule has 2 aromatic rings. The zero-order valence-corrected chi connectivity index (χ0v) is 10.8. The number of hydrogen-bond acceptors (Lipinski definition) is 3. The van der Waals surface area contributed by atoms with Crippen LogP contribution in [0, 0.1) is 0 Å². The molecule has 84 valence electrons. The number of hydrogen-bond donors (Lipinski definition) is 1. The summed E-state index contributed by atoms with van der Waals surface area (Å²) >= 11 is 9.46. The molecule has 17 heavy (non-hydrogen) atoms. The molecule has 0 aliphatic carbocycles.